The molecule has 1 fully saturated rings. The molecule has 5 rings (SSSR count). The minimum atomic E-state index is -0.00226. The molecular weight excluding hydrogens is 408 g/mol. The predicted molar refractivity (Wildman–Crippen MR) is 134 cm³/mol. The lowest BCUT2D eigenvalue weighted by Crippen LogP contribution is -2.39. The molecule has 0 aliphatic carbocycles. The maximum Gasteiger partial charge on any atom is 0.227 e. The third-order valence-electron chi connectivity index (χ3n) is 6.44. The number of amides is 1. The van der Waals surface area contributed by atoms with Crippen LogP contribution in [0.1, 0.15) is 24.0 Å². The second-order valence-corrected chi connectivity index (χ2v) is 8.82. The summed E-state index contributed by atoms with van der Waals surface area (Å²) in [5.41, 5.74) is 6.16. The first-order valence-corrected chi connectivity index (χ1v) is 11.5. The zero-order valence-corrected chi connectivity index (χ0v) is 19.1. The smallest absolute Gasteiger partial charge is 0.227 e. The summed E-state index contributed by atoms with van der Waals surface area (Å²) in [6.45, 7) is 5.63. The van der Waals surface area contributed by atoms with Crippen molar-refractivity contribution in [2.75, 3.05) is 23.3 Å². The number of piperidine rings is 1. The second-order valence-electron chi connectivity index (χ2n) is 8.82. The van der Waals surface area contributed by atoms with Crippen LogP contribution in [0.5, 0.6) is 0 Å². The summed E-state index contributed by atoms with van der Waals surface area (Å²) in [7, 11) is 0. The van der Waals surface area contributed by atoms with Crippen molar-refractivity contribution in [3.05, 3.63) is 83.9 Å². The van der Waals surface area contributed by atoms with E-state index in [1.165, 1.54) is 5.56 Å². The van der Waals surface area contributed by atoms with Crippen molar-refractivity contribution in [3.63, 3.8) is 0 Å². The minimum absolute atomic E-state index is 0.00226. The highest BCUT2D eigenvalue weighted by atomic mass is 16.1. The molecular formula is C28H28N4O. The van der Waals surface area contributed by atoms with E-state index >= 15 is 0 Å². The van der Waals surface area contributed by atoms with E-state index in [9.17, 15) is 4.79 Å². The number of carbonyl (C=O) groups is 1. The van der Waals surface area contributed by atoms with Gasteiger partial charge in [0.1, 0.15) is 0 Å². The lowest BCUT2D eigenvalue weighted by atomic mass is 9.95. The molecule has 1 amide bonds. The first-order chi connectivity index (χ1) is 16.1. The minimum Gasteiger partial charge on any atom is -0.341 e. The molecule has 1 aromatic heterocycles. The number of aromatic nitrogens is 2. The maximum absolute atomic E-state index is 12.8. The van der Waals surface area contributed by atoms with Crippen LogP contribution >= 0.6 is 0 Å². The third kappa shape index (κ3) is 4.44. The Balaban J connectivity index is 1.37. The highest BCUT2D eigenvalue weighted by Gasteiger charge is 2.27. The molecule has 2 heterocycles. The van der Waals surface area contributed by atoms with Crippen LogP contribution < -0.4 is 10.2 Å². The van der Waals surface area contributed by atoms with Gasteiger partial charge in [-0.15, -0.1) is 0 Å². The average molecular weight is 437 g/mol. The molecule has 1 aliphatic rings. The molecule has 0 radical (unpaired) electrons. The van der Waals surface area contributed by atoms with Crippen molar-refractivity contribution >= 4 is 28.4 Å². The topological polar surface area (TPSA) is 58.1 Å². The number of anilines is 2. The molecule has 5 nitrogen and oxygen atoms in total. The molecule has 0 spiro atoms. The summed E-state index contributed by atoms with van der Waals surface area (Å²) >= 11 is 0. The SMILES string of the molecule is Cc1ccc2nc(N3CCC(C(=O)Nc4ccccc4C)CC3)nc(-c3ccccc3)c2c1. The summed E-state index contributed by atoms with van der Waals surface area (Å²) in [6.07, 6.45) is 1.57. The quantitative estimate of drug-likeness (QED) is 0.441. The van der Waals surface area contributed by atoms with E-state index in [2.05, 4.69) is 47.5 Å². The Hall–Kier alpha value is -3.73. The molecule has 0 atom stereocenters. The summed E-state index contributed by atoms with van der Waals surface area (Å²) in [5.74, 6) is 0.837. The van der Waals surface area contributed by atoms with Gasteiger partial charge in [-0.1, -0.05) is 60.2 Å². The number of nitrogens with zero attached hydrogens (tertiary/aromatic N) is 3. The maximum atomic E-state index is 12.8. The van der Waals surface area contributed by atoms with Crippen LogP contribution in [0.2, 0.25) is 0 Å². The van der Waals surface area contributed by atoms with E-state index in [4.69, 9.17) is 9.97 Å². The van der Waals surface area contributed by atoms with Gasteiger partial charge in [0.25, 0.3) is 0 Å². The Labute approximate surface area is 194 Å². The van der Waals surface area contributed by atoms with Gasteiger partial charge in [0.15, 0.2) is 0 Å². The van der Waals surface area contributed by atoms with Crippen LogP contribution in [0.15, 0.2) is 72.8 Å². The standard InChI is InChI=1S/C28H28N4O/c1-19-12-13-25-23(18-19)26(21-9-4-3-5-10-21)31-28(30-25)32-16-14-22(15-17-32)27(33)29-24-11-7-6-8-20(24)2/h3-13,18,22H,14-17H2,1-2H3,(H,29,33). The first-order valence-electron chi connectivity index (χ1n) is 11.5. The molecule has 166 valence electrons. The zero-order valence-electron chi connectivity index (χ0n) is 19.1. The van der Waals surface area contributed by atoms with E-state index < -0.39 is 0 Å². The van der Waals surface area contributed by atoms with Gasteiger partial charge in [-0.25, -0.2) is 9.97 Å². The molecule has 33 heavy (non-hydrogen) atoms. The van der Waals surface area contributed by atoms with Crippen molar-refractivity contribution in [1.82, 2.24) is 9.97 Å². The number of nitrogens with one attached hydrogen (secondary N) is 1. The fourth-order valence-corrected chi connectivity index (χ4v) is 4.48. The van der Waals surface area contributed by atoms with Crippen molar-refractivity contribution < 1.29 is 4.79 Å². The van der Waals surface area contributed by atoms with E-state index in [-0.39, 0.29) is 11.8 Å². The van der Waals surface area contributed by atoms with Crippen molar-refractivity contribution in [3.8, 4) is 11.3 Å². The Morgan fingerprint density at radius 2 is 1.64 bits per heavy atom. The van der Waals surface area contributed by atoms with Gasteiger partial charge in [-0.3, -0.25) is 4.79 Å². The van der Waals surface area contributed by atoms with Crippen LogP contribution in [0.25, 0.3) is 22.2 Å². The fourth-order valence-electron chi connectivity index (χ4n) is 4.48. The lowest BCUT2D eigenvalue weighted by molar-refractivity contribution is -0.120. The number of para-hydroxylation sites is 1. The zero-order chi connectivity index (χ0) is 22.8. The molecule has 1 aliphatic heterocycles. The number of aryl methyl sites for hydroxylation is 2. The molecule has 0 saturated carbocycles. The Morgan fingerprint density at radius 3 is 2.39 bits per heavy atom. The Kier molecular flexibility index (Phi) is 5.78. The van der Waals surface area contributed by atoms with E-state index in [0.717, 1.165) is 65.3 Å². The molecule has 0 unspecified atom stereocenters. The Morgan fingerprint density at radius 1 is 0.909 bits per heavy atom. The van der Waals surface area contributed by atoms with Crippen LogP contribution in [0, 0.1) is 19.8 Å². The van der Waals surface area contributed by atoms with E-state index in [0.29, 0.717) is 0 Å². The van der Waals surface area contributed by atoms with E-state index in [1.807, 2.05) is 49.4 Å². The Bertz CT molecular complexity index is 1290. The largest absolute Gasteiger partial charge is 0.341 e. The van der Waals surface area contributed by atoms with Gasteiger partial charge in [0.05, 0.1) is 11.2 Å². The van der Waals surface area contributed by atoms with Gasteiger partial charge in [-0.2, -0.15) is 0 Å². The van der Waals surface area contributed by atoms with Crippen molar-refractivity contribution in [2.45, 2.75) is 26.7 Å². The van der Waals surface area contributed by atoms with Gasteiger partial charge in [0.2, 0.25) is 11.9 Å². The fraction of sp³-hybridized carbons (Fsp3) is 0.250. The molecule has 4 aromatic rings. The number of rotatable bonds is 4. The van der Waals surface area contributed by atoms with Gasteiger partial charge < -0.3 is 10.2 Å². The summed E-state index contributed by atoms with van der Waals surface area (Å²) < 4.78 is 0. The molecule has 5 heteroatoms. The third-order valence-corrected chi connectivity index (χ3v) is 6.44. The number of hydrogen-bond acceptors (Lipinski definition) is 4. The van der Waals surface area contributed by atoms with Gasteiger partial charge in [0, 0.05) is 35.6 Å². The second kappa shape index (κ2) is 9.02. The number of fused-ring (bicyclic) bond motifs is 1. The molecule has 1 N–H and O–H groups in total. The molecule has 0 bridgehead atoms. The normalized spacial score (nSPS) is 14.4. The van der Waals surface area contributed by atoms with Crippen molar-refractivity contribution in [1.29, 1.82) is 0 Å². The first kappa shape index (κ1) is 21.1. The summed E-state index contributed by atoms with van der Waals surface area (Å²) in [6, 6.07) is 24.5. The number of hydrogen-bond donors (Lipinski definition) is 1. The van der Waals surface area contributed by atoms with Crippen molar-refractivity contribution in [2.24, 2.45) is 5.92 Å². The summed E-state index contributed by atoms with van der Waals surface area (Å²) in [5, 5.41) is 4.17. The van der Waals surface area contributed by atoms with Crippen LogP contribution in [0.3, 0.4) is 0 Å². The average Bonchev–Trinajstić information content (AvgIpc) is 2.85. The molecule has 1 saturated heterocycles. The van der Waals surface area contributed by atoms with Gasteiger partial charge >= 0.3 is 0 Å². The highest BCUT2D eigenvalue weighted by Crippen LogP contribution is 2.30. The summed E-state index contributed by atoms with van der Waals surface area (Å²) in [4.78, 5) is 24.9. The monoisotopic (exact) mass is 436 g/mol. The van der Waals surface area contributed by atoms with Crippen LogP contribution in [-0.4, -0.2) is 29.0 Å². The predicted octanol–water partition coefficient (Wildman–Crippen LogP) is 5.77. The highest BCUT2D eigenvalue weighted by molar-refractivity contribution is 5.94. The molecule has 3 aromatic carbocycles. The van der Waals surface area contributed by atoms with E-state index in [1.54, 1.807) is 0 Å². The lowest BCUT2D eigenvalue weighted by Gasteiger charge is -2.31. The van der Waals surface area contributed by atoms with Crippen LogP contribution in [-0.2, 0) is 4.79 Å². The van der Waals surface area contributed by atoms with Gasteiger partial charge in [-0.05, 0) is 50.5 Å². The number of carbonyl (C=O) groups excluding carboxylic acids is 1. The van der Waals surface area contributed by atoms with Crippen LogP contribution in [0.4, 0.5) is 11.6 Å². The number of benzene rings is 3.